The maximum Gasteiger partial charge on any atom is 0.122 e. The van der Waals surface area contributed by atoms with Crippen molar-refractivity contribution in [3.05, 3.63) is 24.5 Å². The van der Waals surface area contributed by atoms with E-state index in [2.05, 4.69) is 9.97 Å². The second kappa shape index (κ2) is 2.47. The minimum absolute atomic E-state index is 0.0587. The van der Waals surface area contributed by atoms with Crippen molar-refractivity contribution in [2.45, 2.75) is 0 Å². The SMILES string of the molecule is ON(O)c1cccc2[nH]cnc12. The first-order valence-corrected chi connectivity index (χ1v) is 3.39. The molecular weight excluding hydrogens is 158 g/mol. The van der Waals surface area contributed by atoms with Crippen molar-refractivity contribution < 1.29 is 10.4 Å². The van der Waals surface area contributed by atoms with Gasteiger partial charge in [0.1, 0.15) is 11.2 Å². The molecule has 5 heteroatoms. The Bertz CT molecular complexity index is 396. The molecule has 0 radical (unpaired) electrons. The van der Waals surface area contributed by atoms with Crippen molar-refractivity contribution in [3.8, 4) is 0 Å². The Kier molecular flexibility index (Phi) is 1.46. The molecule has 1 aromatic carbocycles. The first kappa shape index (κ1) is 7.08. The highest BCUT2D eigenvalue weighted by molar-refractivity contribution is 5.87. The summed E-state index contributed by atoms with van der Waals surface area (Å²) in [5.74, 6) is 0. The summed E-state index contributed by atoms with van der Waals surface area (Å²) in [6.45, 7) is 0. The molecular formula is C7H7N3O2. The summed E-state index contributed by atoms with van der Waals surface area (Å²) in [4.78, 5) is 6.78. The predicted molar refractivity (Wildman–Crippen MR) is 42.1 cm³/mol. The van der Waals surface area contributed by atoms with Crippen LogP contribution in [-0.2, 0) is 0 Å². The van der Waals surface area contributed by atoms with Crippen molar-refractivity contribution in [1.29, 1.82) is 0 Å². The average molecular weight is 165 g/mol. The molecule has 0 atom stereocenters. The first-order chi connectivity index (χ1) is 5.79. The largest absolute Gasteiger partial charge is 0.345 e. The average Bonchev–Trinajstić information content (AvgIpc) is 2.49. The molecule has 1 aromatic heterocycles. The number of nitrogens with one attached hydrogen (secondary N) is 1. The Morgan fingerprint density at radius 2 is 2.17 bits per heavy atom. The van der Waals surface area contributed by atoms with E-state index in [9.17, 15) is 0 Å². The molecule has 0 bridgehead atoms. The van der Waals surface area contributed by atoms with Crippen LogP contribution in [0.5, 0.6) is 0 Å². The molecule has 62 valence electrons. The summed E-state index contributed by atoms with van der Waals surface area (Å²) in [6, 6.07) is 5.06. The van der Waals surface area contributed by atoms with Crippen molar-refractivity contribution in [2.75, 3.05) is 5.23 Å². The number of nitrogens with zero attached hydrogens (tertiary/aromatic N) is 2. The van der Waals surface area contributed by atoms with E-state index >= 15 is 0 Å². The minimum Gasteiger partial charge on any atom is -0.345 e. The van der Waals surface area contributed by atoms with Gasteiger partial charge in [-0.25, -0.2) is 4.98 Å². The standard InChI is InChI=1S/C7H7N3O2/c11-10(12)6-3-1-2-5-7(6)9-4-8-5/h1-4,11-12H,(H,8,9). The van der Waals surface area contributed by atoms with Gasteiger partial charge in [-0.1, -0.05) is 6.07 Å². The van der Waals surface area contributed by atoms with Crippen LogP contribution in [0.15, 0.2) is 24.5 Å². The number of imidazole rings is 1. The third kappa shape index (κ3) is 0.919. The van der Waals surface area contributed by atoms with Crippen molar-refractivity contribution >= 4 is 16.7 Å². The maximum absolute atomic E-state index is 8.78. The lowest BCUT2D eigenvalue weighted by Crippen LogP contribution is -2.11. The van der Waals surface area contributed by atoms with Gasteiger partial charge in [-0.05, 0) is 12.1 Å². The fourth-order valence-corrected chi connectivity index (χ4v) is 1.11. The molecule has 0 saturated carbocycles. The number of hydrogen-bond donors (Lipinski definition) is 3. The smallest absolute Gasteiger partial charge is 0.122 e. The van der Waals surface area contributed by atoms with E-state index in [0.717, 1.165) is 5.52 Å². The van der Waals surface area contributed by atoms with Gasteiger partial charge < -0.3 is 4.98 Å². The number of hydrogen-bond acceptors (Lipinski definition) is 4. The zero-order chi connectivity index (χ0) is 8.55. The molecule has 2 aromatic rings. The number of fused-ring (bicyclic) bond motifs is 1. The number of H-pyrrole nitrogens is 1. The van der Waals surface area contributed by atoms with Crippen LogP contribution in [0.4, 0.5) is 5.69 Å². The summed E-state index contributed by atoms with van der Waals surface area (Å²) in [7, 11) is 0. The Hall–Kier alpha value is -1.59. The van der Waals surface area contributed by atoms with Crippen LogP contribution in [0.2, 0.25) is 0 Å². The molecule has 3 N–H and O–H groups in total. The van der Waals surface area contributed by atoms with Crippen molar-refractivity contribution in [1.82, 2.24) is 9.97 Å². The van der Waals surface area contributed by atoms with E-state index in [-0.39, 0.29) is 10.9 Å². The van der Waals surface area contributed by atoms with Gasteiger partial charge in [0.2, 0.25) is 0 Å². The molecule has 12 heavy (non-hydrogen) atoms. The van der Waals surface area contributed by atoms with Gasteiger partial charge >= 0.3 is 0 Å². The predicted octanol–water partition coefficient (Wildman–Crippen LogP) is 1.15. The third-order valence-electron chi connectivity index (χ3n) is 1.64. The third-order valence-corrected chi connectivity index (χ3v) is 1.64. The molecule has 0 saturated heterocycles. The van der Waals surface area contributed by atoms with Crippen LogP contribution in [0.1, 0.15) is 0 Å². The van der Waals surface area contributed by atoms with E-state index < -0.39 is 0 Å². The first-order valence-electron chi connectivity index (χ1n) is 3.39. The summed E-state index contributed by atoms with van der Waals surface area (Å²) in [6.07, 6.45) is 1.50. The molecule has 0 aliphatic rings. The lowest BCUT2D eigenvalue weighted by Gasteiger charge is -2.07. The number of aromatic amines is 1. The molecule has 0 amide bonds. The number of anilines is 1. The van der Waals surface area contributed by atoms with Crippen LogP contribution in [0.3, 0.4) is 0 Å². The second-order valence-electron chi connectivity index (χ2n) is 2.37. The summed E-state index contributed by atoms with van der Waals surface area (Å²) in [5.41, 5.74) is 1.55. The van der Waals surface area contributed by atoms with Crippen LogP contribution in [-0.4, -0.2) is 20.4 Å². The van der Waals surface area contributed by atoms with Gasteiger partial charge in [0.15, 0.2) is 0 Å². The highest BCUT2D eigenvalue weighted by atomic mass is 16.8. The van der Waals surface area contributed by atoms with E-state index in [4.69, 9.17) is 10.4 Å². The van der Waals surface area contributed by atoms with Crippen LogP contribution < -0.4 is 5.23 Å². The Morgan fingerprint density at radius 3 is 2.92 bits per heavy atom. The Labute approximate surface area is 67.8 Å². The van der Waals surface area contributed by atoms with Crippen LogP contribution in [0.25, 0.3) is 11.0 Å². The number of para-hydroxylation sites is 1. The Balaban J connectivity index is 2.73. The molecule has 0 unspecified atom stereocenters. The van der Waals surface area contributed by atoms with Gasteiger partial charge in [-0.3, -0.25) is 10.4 Å². The van der Waals surface area contributed by atoms with Crippen molar-refractivity contribution in [3.63, 3.8) is 0 Å². The number of rotatable bonds is 1. The minimum atomic E-state index is 0.0587. The molecule has 5 nitrogen and oxygen atoms in total. The Morgan fingerprint density at radius 1 is 1.33 bits per heavy atom. The molecule has 0 aliphatic carbocycles. The van der Waals surface area contributed by atoms with E-state index in [1.54, 1.807) is 18.2 Å². The molecule has 1 heterocycles. The highest BCUT2D eigenvalue weighted by Crippen LogP contribution is 2.21. The van der Waals surface area contributed by atoms with E-state index in [1.165, 1.54) is 6.33 Å². The summed E-state index contributed by atoms with van der Waals surface area (Å²) >= 11 is 0. The summed E-state index contributed by atoms with van der Waals surface area (Å²) in [5, 5.41) is 17.6. The lowest BCUT2D eigenvalue weighted by atomic mass is 10.3. The number of aromatic nitrogens is 2. The van der Waals surface area contributed by atoms with Crippen LogP contribution in [0, 0.1) is 0 Å². The van der Waals surface area contributed by atoms with Gasteiger partial charge in [0.05, 0.1) is 11.8 Å². The monoisotopic (exact) mass is 165 g/mol. The zero-order valence-electron chi connectivity index (χ0n) is 6.10. The molecule has 0 aliphatic heterocycles. The number of benzene rings is 1. The van der Waals surface area contributed by atoms with E-state index in [0.29, 0.717) is 5.52 Å². The lowest BCUT2D eigenvalue weighted by molar-refractivity contribution is 0.0299. The van der Waals surface area contributed by atoms with Gasteiger partial charge in [0.25, 0.3) is 0 Å². The molecule has 0 fully saturated rings. The molecule has 2 rings (SSSR count). The quantitative estimate of drug-likeness (QED) is 0.554. The summed E-state index contributed by atoms with van der Waals surface area (Å²) < 4.78 is 0. The van der Waals surface area contributed by atoms with Crippen LogP contribution >= 0.6 is 0 Å². The fourth-order valence-electron chi connectivity index (χ4n) is 1.11. The zero-order valence-corrected chi connectivity index (χ0v) is 6.10. The fraction of sp³-hybridized carbons (Fsp3) is 0. The topological polar surface area (TPSA) is 72.4 Å². The van der Waals surface area contributed by atoms with Crippen molar-refractivity contribution in [2.24, 2.45) is 0 Å². The van der Waals surface area contributed by atoms with E-state index in [1.807, 2.05) is 0 Å². The normalized spacial score (nSPS) is 10.5. The van der Waals surface area contributed by atoms with Gasteiger partial charge in [0, 0.05) is 0 Å². The van der Waals surface area contributed by atoms with Gasteiger partial charge in [-0.15, -0.1) is 5.23 Å². The second-order valence-corrected chi connectivity index (χ2v) is 2.37. The van der Waals surface area contributed by atoms with Gasteiger partial charge in [-0.2, -0.15) is 0 Å². The highest BCUT2D eigenvalue weighted by Gasteiger charge is 2.06. The molecule has 0 spiro atoms. The maximum atomic E-state index is 8.78.